The zero-order valence-electron chi connectivity index (χ0n) is 15.6. The molecule has 26 heavy (non-hydrogen) atoms. The average Bonchev–Trinajstić information content (AvgIpc) is 2.71. The van der Waals surface area contributed by atoms with Gasteiger partial charge in [0.1, 0.15) is 5.82 Å². The van der Waals surface area contributed by atoms with Crippen LogP contribution in [0.2, 0.25) is 0 Å². The van der Waals surface area contributed by atoms with E-state index in [1.807, 2.05) is 39.0 Å². The van der Waals surface area contributed by atoms with Crippen molar-refractivity contribution < 1.29 is 0 Å². The molecule has 1 aromatic carbocycles. The van der Waals surface area contributed by atoms with Gasteiger partial charge in [0.2, 0.25) is 0 Å². The number of aryl methyl sites for hydroxylation is 1. The van der Waals surface area contributed by atoms with Crippen molar-refractivity contribution >= 4 is 10.9 Å². The maximum absolute atomic E-state index is 12.8. The van der Waals surface area contributed by atoms with Crippen LogP contribution < -0.4 is 10.9 Å². The van der Waals surface area contributed by atoms with E-state index in [1.54, 1.807) is 23.3 Å². The Morgan fingerprint density at radius 1 is 1.04 bits per heavy atom. The second-order valence-electron chi connectivity index (χ2n) is 6.19. The molecule has 0 radical (unpaired) electrons. The number of hydrogen-bond acceptors (Lipinski definition) is 5. The molecule has 0 unspecified atom stereocenters. The van der Waals surface area contributed by atoms with E-state index in [2.05, 4.69) is 20.3 Å². The first-order chi connectivity index (χ1) is 12.7. The van der Waals surface area contributed by atoms with Crippen LogP contribution in [-0.4, -0.2) is 32.6 Å². The Labute approximate surface area is 153 Å². The highest BCUT2D eigenvalue weighted by atomic mass is 16.1. The topological polar surface area (TPSA) is 72.7 Å². The van der Waals surface area contributed by atoms with Gasteiger partial charge in [-0.2, -0.15) is 0 Å². The van der Waals surface area contributed by atoms with Crippen LogP contribution >= 0.6 is 0 Å². The summed E-state index contributed by atoms with van der Waals surface area (Å²) in [5.74, 6) is 0.738. The van der Waals surface area contributed by atoms with Gasteiger partial charge in [0, 0.05) is 24.0 Å². The lowest BCUT2D eigenvalue weighted by atomic mass is 10.1. The Hall–Kier alpha value is -2.60. The minimum absolute atomic E-state index is 0.0404. The Morgan fingerprint density at radius 2 is 1.73 bits per heavy atom. The normalized spacial score (nSPS) is 14.7. The predicted molar refractivity (Wildman–Crippen MR) is 104 cm³/mol. The first kappa shape index (κ1) is 18.2. The summed E-state index contributed by atoms with van der Waals surface area (Å²) in [5, 5.41) is 3.98. The molecule has 0 amide bonds. The molecule has 6 heteroatoms. The molecule has 4 rings (SSSR count). The third kappa shape index (κ3) is 3.65. The predicted octanol–water partition coefficient (Wildman–Crippen LogP) is 3.11. The third-order valence-corrected chi connectivity index (χ3v) is 4.60. The Bertz CT molecular complexity index is 927. The van der Waals surface area contributed by atoms with Crippen molar-refractivity contribution in [2.75, 3.05) is 13.1 Å². The minimum atomic E-state index is 0.0404. The molecule has 136 valence electrons. The lowest BCUT2D eigenvalue weighted by molar-refractivity contribution is 0.359. The molecule has 1 N–H and O–H groups in total. The van der Waals surface area contributed by atoms with Crippen LogP contribution in [0, 0.1) is 6.92 Å². The monoisotopic (exact) mass is 351 g/mol. The van der Waals surface area contributed by atoms with Crippen LogP contribution in [0.15, 0.2) is 41.7 Å². The molecule has 3 heterocycles. The molecule has 1 aliphatic rings. The molecular weight excluding hydrogens is 326 g/mol. The fraction of sp³-hybridized carbons (Fsp3) is 0.400. The molecule has 0 atom stereocenters. The van der Waals surface area contributed by atoms with E-state index >= 15 is 0 Å². The van der Waals surface area contributed by atoms with Gasteiger partial charge in [0.15, 0.2) is 0 Å². The van der Waals surface area contributed by atoms with Gasteiger partial charge in [0.05, 0.1) is 17.2 Å². The number of rotatable bonds is 2. The second kappa shape index (κ2) is 8.19. The van der Waals surface area contributed by atoms with Crippen molar-refractivity contribution in [3.63, 3.8) is 0 Å². The molecular formula is C20H25N5O. The highest BCUT2D eigenvalue weighted by Crippen LogP contribution is 2.22. The van der Waals surface area contributed by atoms with E-state index in [0.717, 1.165) is 42.9 Å². The van der Waals surface area contributed by atoms with Crippen LogP contribution in [0.1, 0.15) is 38.6 Å². The van der Waals surface area contributed by atoms with Gasteiger partial charge in [-0.05, 0) is 50.6 Å². The fourth-order valence-corrected chi connectivity index (χ4v) is 3.20. The maximum Gasteiger partial charge on any atom is 0.261 e. The summed E-state index contributed by atoms with van der Waals surface area (Å²) in [4.78, 5) is 25.8. The summed E-state index contributed by atoms with van der Waals surface area (Å²) in [6.45, 7) is 7.75. The molecule has 3 aromatic rings. The van der Waals surface area contributed by atoms with Gasteiger partial charge in [-0.3, -0.25) is 9.36 Å². The Kier molecular flexibility index (Phi) is 5.73. The van der Waals surface area contributed by atoms with Gasteiger partial charge >= 0.3 is 0 Å². The van der Waals surface area contributed by atoms with Crippen molar-refractivity contribution in [3.8, 4) is 11.1 Å². The van der Waals surface area contributed by atoms with E-state index in [9.17, 15) is 4.79 Å². The van der Waals surface area contributed by atoms with Crippen molar-refractivity contribution in [3.05, 3.63) is 53.1 Å². The van der Waals surface area contributed by atoms with Crippen LogP contribution in [-0.2, 0) is 0 Å². The summed E-state index contributed by atoms with van der Waals surface area (Å²) in [6, 6.07) is 5.96. The van der Waals surface area contributed by atoms with Crippen molar-refractivity contribution in [1.82, 2.24) is 24.8 Å². The number of nitrogens with one attached hydrogen (secondary N) is 1. The lowest BCUT2D eigenvalue weighted by Crippen LogP contribution is -2.34. The summed E-state index contributed by atoms with van der Waals surface area (Å²) in [5.41, 5.74) is 2.64. The van der Waals surface area contributed by atoms with E-state index in [-0.39, 0.29) is 11.6 Å². The highest BCUT2D eigenvalue weighted by molar-refractivity contribution is 5.83. The number of fused-ring (bicyclic) bond motifs is 1. The molecule has 0 spiro atoms. The van der Waals surface area contributed by atoms with E-state index < -0.39 is 0 Å². The van der Waals surface area contributed by atoms with Crippen LogP contribution in [0.25, 0.3) is 22.0 Å². The van der Waals surface area contributed by atoms with Crippen LogP contribution in [0.5, 0.6) is 0 Å². The molecule has 2 aromatic heterocycles. The van der Waals surface area contributed by atoms with Gasteiger partial charge in [0.25, 0.3) is 5.56 Å². The van der Waals surface area contributed by atoms with Crippen molar-refractivity contribution in [2.24, 2.45) is 0 Å². The lowest BCUT2D eigenvalue weighted by Gasteiger charge is -2.24. The SMILES string of the molecule is CC.Cc1ncc(-c2ccc3c(=O)n(C4CCNCC4)cnc3c2)cn1. The summed E-state index contributed by atoms with van der Waals surface area (Å²) in [7, 11) is 0. The number of nitrogens with zero attached hydrogens (tertiary/aromatic N) is 4. The molecule has 1 fully saturated rings. The standard InChI is InChI=1S/C18H19N5O.C2H6/c1-12-20-9-14(10-21-12)13-2-3-16-17(8-13)22-11-23(18(16)24)15-4-6-19-7-5-15;1-2/h2-3,8-11,15,19H,4-7H2,1H3;1-2H3. The molecule has 1 saturated heterocycles. The van der Waals surface area contributed by atoms with Crippen molar-refractivity contribution in [2.45, 2.75) is 39.7 Å². The fourth-order valence-electron chi connectivity index (χ4n) is 3.20. The van der Waals surface area contributed by atoms with E-state index in [4.69, 9.17) is 0 Å². The van der Waals surface area contributed by atoms with Crippen LogP contribution in [0.3, 0.4) is 0 Å². The third-order valence-electron chi connectivity index (χ3n) is 4.60. The summed E-state index contributed by atoms with van der Waals surface area (Å²) < 4.78 is 1.79. The number of piperidine rings is 1. The molecule has 0 bridgehead atoms. The van der Waals surface area contributed by atoms with E-state index in [1.165, 1.54) is 0 Å². The molecule has 0 aliphatic carbocycles. The minimum Gasteiger partial charge on any atom is -0.317 e. The maximum atomic E-state index is 12.8. The molecule has 0 saturated carbocycles. The quantitative estimate of drug-likeness (QED) is 0.768. The van der Waals surface area contributed by atoms with Gasteiger partial charge in [-0.1, -0.05) is 19.9 Å². The average molecular weight is 351 g/mol. The zero-order valence-corrected chi connectivity index (χ0v) is 15.6. The number of aromatic nitrogens is 4. The zero-order chi connectivity index (χ0) is 18.5. The highest BCUT2D eigenvalue weighted by Gasteiger charge is 2.17. The number of hydrogen-bond donors (Lipinski definition) is 1. The summed E-state index contributed by atoms with van der Waals surface area (Å²) >= 11 is 0. The second-order valence-corrected chi connectivity index (χ2v) is 6.19. The first-order valence-electron chi connectivity index (χ1n) is 9.23. The molecule has 6 nitrogen and oxygen atoms in total. The summed E-state index contributed by atoms with van der Waals surface area (Å²) in [6.07, 6.45) is 7.20. The largest absolute Gasteiger partial charge is 0.317 e. The smallest absolute Gasteiger partial charge is 0.261 e. The van der Waals surface area contributed by atoms with Gasteiger partial charge in [-0.15, -0.1) is 0 Å². The Balaban J connectivity index is 0.000000948. The van der Waals surface area contributed by atoms with Crippen LogP contribution in [0.4, 0.5) is 0 Å². The van der Waals surface area contributed by atoms with Crippen molar-refractivity contribution in [1.29, 1.82) is 0 Å². The van der Waals surface area contributed by atoms with Gasteiger partial charge in [-0.25, -0.2) is 15.0 Å². The molecule has 1 aliphatic heterocycles. The first-order valence-corrected chi connectivity index (χ1v) is 9.23. The Morgan fingerprint density at radius 3 is 2.42 bits per heavy atom. The van der Waals surface area contributed by atoms with E-state index in [0.29, 0.717) is 10.9 Å². The van der Waals surface area contributed by atoms with Gasteiger partial charge < -0.3 is 5.32 Å². The number of benzene rings is 1.